The average molecular weight is 278 g/mol. The number of carbonyl (C=O) groups excluding carboxylic acids is 1. The van der Waals surface area contributed by atoms with E-state index in [-0.39, 0.29) is 0 Å². The van der Waals surface area contributed by atoms with Crippen LogP contribution in [0.25, 0.3) is 0 Å². The van der Waals surface area contributed by atoms with Crippen molar-refractivity contribution in [1.82, 2.24) is 0 Å². The minimum absolute atomic E-state index is 0.353. The first kappa shape index (κ1) is 15.1. The second kappa shape index (κ2) is 7.44. The second-order valence-corrected chi connectivity index (χ2v) is 4.80. The standard InChI is InChI=1S/C13H14N2O3S/c1-19-6-5-12(13(17)18)15(9-16)11-4-2-3-10(7-11)8-14/h2-4,7,9,12H,5-6H2,1H3,(H,17,18). The molecule has 0 aromatic heterocycles. The number of thioether (sulfide) groups is 1. The first-order valence-electron chi connectivity index (χ1n) is 5.59. The first-order valence-corrected chi connectivity index (χ1v) is 6.99. The molecule has 0 aliphatic carbocycles. The number of hydrogen-bond acceptors (Lipinski definition) is 4. The van der Waals surface area contributed by atoms with Crippen LogP contribution in [0.1, 0.15) is 12.0 Å². The number of nitrogens with zero attached hydrogens (tertiary/aromatic N) is 2. The van der Waals surface area contributed by atoms with Crippen LogP contribution < -0.4 is 4.90 Å². The van der Waals surface area contributed by atoms with Crippen molar-refractivity contribution in [2.24, 2.45) is 0 Å². The van der Waals surface area contributed by atoms with Crippen molar-refractivity contribution in [2.45, 2.75) is 12.5 Å². The zero-order valence-corrected chi connectivity index (χ0v) is 11.3. The van der Waals surface area contributed by atoms with E-state index >= 15 is 0 Å². The van der Waals surface area contributed by atoms with E-state index in [2.05, 4.69) is 0 Å². The largest absolute Gasteiger partial charge is 0.480 e. The molecule has 0 spiro atoms. The second-order valence-electron chi connectivity index (χ2n) is 3.81. The number of carboxylic acid groups (broad SMARTS) is 1. The Labute approximate surface area is 115 Å². The third-order valence-electron chi connectivity index (χ3n) is 2.60. The number of carbonyl (C=O) groups is 2. The van der Waals surface area contributed by atoms with Crippen molar-refractivity contribution < 1.29 is 14.7 Å². The molecule has 100 valence electrons. The summed E-state index contributed by atoms with van der Waals surface area (Å²) < 4.78 is 0. The van der Waals surface area contributed by atoms with E-state index in [1.807, 2.05) is 12.3 Å². The van der Waals surface area contributed by atoms with Gasteiger partial charge in [-0.3, -0.25) is 4.79 Å². The van der Waals surface area contributed by atoms with E-state index in [1.54, 1.807) is 18.2 Å². The monoisotopic (exact) mass is 278 g/mol. The van der Waals surface area contributed by atoms with Crippen molar-refractivity contribution >= 4 is 29.8 Å². The fourth-order valence-electron chi connectivity index (χ4n) is 1.66. The minimum atomic E-state index is -1.05. The molecule has 19 heavy (non-hydrogen) atoms. The van der Waals surface area contributed by atoms with Crippen molar-refractivity contribution in [1.29, 1.82) is 5.26 Å². The molecule has 0 radical (unpaired) electrons. The highest BCUT2D eigenvalue weighted by molar-refractivity contribution is 7.98. The van der Waals surface area contributed by atoms with Crippen molar-refractivity contribution in [3.8, 4) is 6.07 Å². The van der Waals surface area contributed by atoms with Gasteiger partial charge in [-0.05, 0) is 36.6 Å². The fraction of sp³-hybridized carbons (Fsp3) is 0.308. The van der Waals surface area contributed by atoms with Gasteiger partial charge in [0, 0.05) is 5.69 Å². The summed E-state index contributed by atoms with van der Waals surface area (Å²) in [5.41, 5.74) is 0.806. The third kappa shape index (κ3) is 4.00. The van der Waals surface area contributed by atoms with Crippen molar-refractivity contribution in [3.05, 3.63) is 29.8 Å². The van der Waals surface area contributed by atoms with Gasteiger partial charge in [0.05, 0.1) is 11.6 Å². The maximum Gasteiger partial charge on any atom is 0.326 e. The van der Waals surface area contributed by atoms with Crippen LogP contribution in [0.2, 0.25) is 0 Å². The quantitative estimate of drug-likeness (QED) is 0.768. The summed E-state index contributed by atoms with van der Waals surface area (Å²) in [6.45, 7) is 0. The van der Waals surface area contributed by atoms with Gasteiger partial charge in [-0.2, -0.15) is 17.0 Å². The highest BCUT2D eigenvalue weighted by Crippen LogP contribution is 2.19. The number of amides is 1. The Hall–Kier alpha value is -2.00. The summed E-state index contributed by atoms with van der Waals surface area (Å²) in [6.07, 6.45) is 2.72. The molecule has 1 rings (SSSR count). The Bertz CT molecular complexity index is 499. The number of rotatable bonds is 7. The van der Waals surface area contributed by atoms with Crippen LogP contribution in [0.15, 0.2) is 24.3 Å². The van der Waals surface area contributed by atoms with Crippen LogP contribution in [0.5, 0.6) is 0 Å². The molecule has 0 fully saturated rings. The molecular formula is C13H14N2O3S. The molecule has 0 aliphatic rings. The molecule has 1 amide bonds. The van der Waals surface area contributed by atoms with Gasteiger partial charge in [0.1, 0.15) is 6.04 Å². The lowest BCUT2D eigenvalue weighted by molar-refractivity contribution is -0.139. The highest BCUT2D eigenvalue weighted by atomic mass is 32.2. The van der Waals surface area contributed by atoms with E-state index in [4.69, 9.17) is 5.26 Å². The van der Waals surface area contributed by atoms with Gasteiger partial charge in [0.15, 0.2) is 0 Å². The summed E-state index contributed by atoms with van der Waals surface area (Å²) in [4.78, 5) is 23.6. The Kier molecular flexibility index (Phi) is 5.90. The van der Waals surface area contributed by atoms with Gasteiger partial charge < -0.3 is 10.0 Å². The molecule has 0 bridgehead atoms. The lowest BCUT2D eigenvalue weighted by Gasteiger charge is -2.25. The molecule has 1 aromatic carbocycles. The van der Waals surface area contributed by atoms with E-state index in [9.17, 15) is 14.7 Å². The Balaban J connectivity index is 3.05. The van der Waals surface area contributed by atoms with Crippen molar-refractivity contribution in [3.63, 3.8) is 0 Å². The van der Waals surface area contributed by atoms with Crippen LogP contribution in [-0.2, 0) is 9.59 Å². The molecule has 1 atom stereocenters. The lowest BCUT2D eigenvalue weighted by Crippen LogP contribution is -2.41. The molecule has 0 heterocycles. The molecule has 0 saturated carbocycles. The predicted molar refractivity (Wildman–Crippen MR) is 74.1 cm³/mol. The Morgan fingerprint density at radius 1 is 1.63 bits per heavy atom. The lowest BCUT2D eigenvalue weighted by atomic mass is 10.1. The van der Waals surface area contributed by atoms with Gasteiger partial charge >= 0.3 is 5.97 Å². The fourth-order valence-corrected chi connectivity index (χ4v) is 2.12. The van der Waals surface area contributed by atoms with E-state index in [0.29, 0.717) is 29.8 Å². The SMILES string of the molecule is CSCCC(C(=O)O)N(C=O)c1cccc(C#N)c1. The molecule has 1 unspecified atom stereocenters. The smallest absolute Gasteiger partial charge is 0.326 e. The van der Waals surface area contributed by atoms with E-state index in [0.717, 1.165) is 4.90 Å². The van der Waals surface area contributed by atoms with E-state index < -0.39 is 12.0 Å². The maximum atomic E-state index is 11.3. The summed E-state index contributed by atoms with van der Waals surface area (Å²) in [6, 6.07) is 7.39. The van der Waals surface area contributed by atoms with Gasteiger partial charge in [-0.15, -0.1) is 0 Å². The normalized spacial score (nSPS) is 11.4. The number of hydrogen-bond donors (Lipinski definition) is 1. The van der Waals surface area contributed by atoms with Crippen LogP contribution in [-0.4, -0.2) is 35.5 Å². The maximum absolute atomic E-state index is 11.3. The third-order valence-corrected chi connectivity index (χ3v) is 3.25. The number of aliphatic carboxylic acids is 1. The summed E-state index contributed by atoms with van der Waals surface area (Å²) >= 11 is 1.52. The molecular weight excluding hydrogens is 264 g/mol. The Morgan fingerprint density at radius 3 is 2.89 bits per heavy atom. The number of carboxylic acids is 1. The van der Waals surface area contributed by atoms with Gasteiger partial charge in [0.2, 0.25) is 6.41 Å². The number of benzene rings is 1. The van der Waals surface area contributed by atoms with Crippen LogP contribution >= 0.6 is 11.8 Å². The summed E-state index contributed by atoms with van der Waals surface area (Å²) in [5, 5.41) is 18.0. The van der Waals surface area contributed by atoms with Crippen LogP contribution in [0.4, 0.5) is 5.69 Å². The number of anilines is 1. The Morgan fingerprint density at radius 2 is 2.37 bits per heavy atom. The van der Waals surface area contributed by atoms with Crippen LogP contribution in [0.3, 0.4) is 0 Å². The molecule has 1 aromatic rings. The number of nitriles is 1. The summed E-state index contributed by atoms with van der Waals surface area (Å²) in [7, 11) is 0. The zero-order valence-electron chi connectivity index (χ0n) is 10.4. The van der Waals surface area contributed by atoms with Gasteiger partial charge in [-0.1, -0.05) is 6.07 Å². The predicted octanol–water partition coefficient (Wildman–Crippen LogP) is 1.73. The topological polar surface area (TPSA) is 81.4 Å². The molecule has 6 heteroatoms. The van der Waals surface area contributed by atoms with E-state index in [1.165, 1.54) is 17.8 Å². The molecule has 0 saturated heterocycles. The minimum Gasteiger partial charge on any atom is -0.480 e. The first-order chi connectivity index (χ1) is 9.13. The average Bonchev–Trinajstić information content (AvgIpc) is 2.43. The molecule has 5 nitrogen and oxygen atoms in total. The molecule has 0 aliphatic heterocycles. The van der Waals surface area contributed by atoms with Crippen molar-refractivity contribution in [2.75, 3.05) is 16.9 Å². The molecule has 1 N–H and O–H groups in total. The summed E-state index contributed by atoms with van der Waals surface area (Å²) in [5.74, 6) is -0.414. The zero-order chi connectivity index (χ0) is 14.3. The van der Waals surface area contributed by atoms with Gasteiger partial charge in [0.25, 0.3) is 0 Å². The van der Waals surface area contributed by atoms with Gasteiger partial charge in [-0.25, -0.2) is 4.79 Å². The highest BCUT2D eigenvalue weighted by Gasteiger charge is 2.25. The van der Waals surface area contributed by atoms with Crippen LogP contribution in [0, 0.1) is 11.3 Å².